The number of hydrogen-bond donors (Lipinski definition) is 1. The van der Waals surface area contributed by atoms with Gasteiger partial charge in [0.15, 0.2) is 0 Å². The lowest BCUT2D eigenvalue weighted by atomic mass is 9.48. The van der Waals surface area contributed by atoms with Crippen molar-refractivity contribution < 1.29 is 19.4 Å². The number of rotatable bonds is 0. The summed E-state index contributed by atoms with van der Waals surface area (Å²) in [7, 11) is 0. The zero-order valence-corrected chi connectivity index (χ0v) is 13.3. The highest BCUT2D eigenvalue weighted by Gasteiger charge is 2.61. The molecule has 0 unspecified atom stereocenters. The summed E-state index contributed by atoms with van der Waals surface area (Å²) in [5.41, 5.74) is 0.408. The van der Waals surface area contributed by atoms with Crippen LogP contribution in [-0.4, -0.2) is 29.6 Å². The second-order valence-corrected chi connectivity index (χ2v) is 8.17. The van der Waals surface area contributed by atoms with E-state index in [1.807, 2.05) is 0 Å². The summed E-state index contributed by atoms with van der Waals surface area (Å²) in [5, 5.41) is 10.6. The smallest absolute Gasteiger partial charge is 0.330 e. The van der Waals surface area contributed by atoms with Crippen LogP contribution in [0.15, 0.2) is 11.6 Å². The maximum atomic E-state index is 12.3. The second kappa shape index (κ2) is 4.44. The van der Waals surface area contributed by atoms with Crippen molar-refractivity contribution in [2.45, 2.75) is 52.1 Å². The van der Waals surface area contributed by atoms with Gasteiger partial charge in [0.25, 0.3) is 0 Å². The summed E-state index contributed by atoms with van der Waals surface area (Å²) in [6.07, 6.45) is 5.20. The third-order valence-electron chi connectivity index (χ3n) is 7.27. The lowest BCUT2D eigenvalue weighted by molar-refractivity contribution is -0.152. The molecule has 0 aromatic carbocycles. The highest BCUT2D eigenvalue weighted by atomic mass is 16.5. The highest BCUT2D eigenvalue weighted by Crippen LogP contribution is 2.63. The first-order valence-corrected chi connectivity index (χ1v) is 8.46. The average Bonchev–Trinajstić information content (AvgIpc) is 2.77. The molecule has 0 radical (unpaired) electrons. The van der Waals surface area contributed by atoms with Crippen molar-refractivity contribution in [1.82, 2.24) is 0 Å². The van der Waals surface area contributed by atoms with Crippen molar-refractivity contribution in [3.8, 4) is 0 Å². The van der Waals surface area contributed by atoms with Crippen LogP contribution in [-0.2, 0) is 14.3 Å². The minimum absolute atomic E-state index is 0.191. The van der Waals surface area contributed by atoms with E-state index >= 15 is 0 Å². The van der Waals surface area contributed by atoms with E-state index < -0.39 is 6.10 Å². The van der Waals surface area contributed by atoms with Crippen LogP contribution in [0.5, 0.6) is 0 Å². The molecule has 6 atom stereocenters. The van der Waals surface area contributed by atoms with Gasteiger partial charge in [-0.25, -0.2) is 4.79 Å². The number of esters is 1. The van der Waals surface area contributed by atoms with E-state index in [1.165, 1.54) is 6.08 Å². The Morgan fingerprint density at radius 3 is 2.68 bits per heavy atom. The molecule has 3 saturated carbocycles. The first-order chi connectivity index (χ1) is 10.4. The number of ether oxygens (including phenoxy) is 1. The monoisotopic (exact) mass is 304 g/mol. The van der Waals surface area contributed by atoms with E-state index in [2.05, 4.69) is 13.8 Å². The lowest BCUT2D eigenvalue weighted by Gasteiger charge is -2.57. The molecule has 4 nitrogen and oxygen atoms in total. The molecule has 1 aliphatic heterocycles. The van der Waals surface area contributed by atoms with E-state index in [0.29, 0.717) is 43.0 Å². The van der Waals surface area contributed by atoms with Gasteiger partial charge in [0.05, 0.1) is 6.10 Å². The van der Waals surface area contributed by atoms with E-state index in [-0.39, 0.29) is 16.8 Å². The molecule has 4 aliphatic rings. The summed E-state index contributed by atoms with van der Waals surface area (Å²) >= 11 is 0. The molecule has 3 fully saturated rings. The Labute approximate surface area is 130 Å². The topological polar surface area (TPSA) is 63.6 Å². The van der Waals surface area contributed by atoms with E-state index in [9.17, 15) is 14.7 Å². The third-order valence-corrected chi connectivity index (χ3v) is 7.27. The number of carbonyl (C=O) groups excluding carboxylic acids is 2. The third kappa shape index (κ3) is 1.67. The standard InChI is InChI=1S/C18H24O4/c1-17-6-5-12-10(11(17)3-4-15(17)20)7-14(19)13-8-16(21)22-9-18(12,13)2/h8,10-12,14,19H,3-7,9H2,1-2H3/t10-,11-,12-,14+,17-,18+/m0/s1. The first-order valence-electron chi connectivity index (χ1n) is 8.46. The van der Waals surface area contributed by atoms with Crippen LogP contribution in [0.25, 0.3) is 0 Å². The summed E-state index contributed by atoms with van der Waals surface area (Å²) in [5.74, 6) is 1.22. The maximum Gasteiger partial charge on any atom is 0.330 e. The largest absolute Gasteiger partial charge is 0.462 e. The Morgan fingerprint density at radius 1 is 1.18 bits per heavy atom. The quantitative estimate of drug-likeness (QED) is 0.697. The van der Waals surface area contributed by atoms with Gasteiger partial charge in [-0.05, 0) is 49.0 Å². The van der Waals surface area contributed by atoms with Crippen molar-refractivity contribution in [3.63, 3.8) is 0 Å². The van der Waals surface area contributed by atoms with Gasteiger partial charge in [-0.15, -0.1) is 0 Å². The molecule has 0 saturated heterocycles. The summed E-state index contributed by atoms with van der Waals surface area (Å²) < 4.78 is 5.31. The van der Waals surface area contributed by atoms with Crippen LogP contribution in [0.4, 0.5) is 0 Å². The van der Waals surface area contributed by atoms with Crippen molar-refractivity contribution in [2.24, 2.45) is 28.6 Å². The number of aliphatic hydroxyl groups is 1. The van der Waals surface area contributed by atoms with Crippen molar-refractivity contribution in [2.75, 3.05) is 6.61 Å². The number of aliphatic hydroxyl groups excluding tert-OH is 1. The molecule has 0 spiro atoms. The summed E-state index contributed by atoms with van der Waals surface area (Å²) in [4.78, 5) is 23.9. The first kappa shape index (κ1) is 14.4. The predicted molar refractivity (Wildman–Crippen MR) is 79.8 cm³/mol. The molecule has 0 aromatic rings. The fourth-order valence-corrected chi connectivity index (χ4v) is 6.00. The van der Waals surface area contributed by atoms with Crippen LogP contribution >= 0.6 is 0 Å². The summed E-state index contributed by atoms with van der Waals surface area (Å²) in [6.45, 7) is 4.63. The average molecular weight is 304 g/mol. The highest BCUT2D eigenvalue weighted by molar-refractivity contribution is 5.87. The van der Waals surface area contributed by atoms with E-state index in [1.54, 1.807) is 0 Å². The Balaban J connectivity index is 1.74. The van der Waals surface area contributed by atoms with Crippen molar-refractivity contribution in [3.05, 3.63) is 11.6 Å². The normalized spacial score (nSPS) is 50.6. The van der Waals surface area contributed by atoms with E-state index in [4.69, 9.17) is 4.74 Å². The fourth-order valence-electron chi connectivity index (χ4n) is 6.00. The van der Waals surface area contributed by atoms with Crippen LogP contribution in [0, 0.1) is 28.6 Å². The van der Waals surface area contributed by atoms with Gasteiger partial charge in [-0.1, -0.05) is 13.8 Å². The van der Waals surface area contributed by atoms with Gasteiger partial charge < -0.3 is 9.84 Å². The van der Waals surface area contributed by atoms with Gasteiger partial charge in [0, 0.05) is 23.3 Å². The van der Waals surface area contributed by atoms with Crippen LogP contribution in [0.3, 0.4) is 0 Å². The number of carbonyl (C=O) groups is 2. The lowest BCUT2D eigenvalue weighted by Crippen LogP contribution is -2.55. The SMILES string of the molecule is C[C@]12COC(=O)C=C1[C@H](O)C[C@@H]1[C@@H]2CC[C@]2(C)C(=O)CC[C@@H]12. The number of Topliss-reactive ketones (excluding diaryl/α,β-unsaturated/α-hetero) is 1. The van der Waals surface area contributed by atoms with E-state index in [0.717, 1.165) is 24.8 Å². The number of ketones is 1. The van der Waals surface area contributed by atoms with Crippen LogP contribution < -0.4 is 0 Å². The minimum atomic E-state index is -0.572. The molecule has 1 heterocycles. The van der Waals surface area contributed by atoms with Crippen LogP contribution in [0.1, 0.15) is 46.0 Å². The van der Waals surface area contributed by atoms with Gasteiger partial charge in [-0.3, -0.25) is 4.79 Å². The molecular formula is C18H24O4. The summed E-state index contributed by atoms with van der Waals surface area (Å²) in [6, 6.07) is 0. The van der Waals surface area contributed by atoms with Crippen molar-refractivity contribution in [1.29, 1.82) is 0 Å². The van der Waals surface area contributed by atoms with Gasteiger partial charge in [0.1, 0.15) is 12.4 Å². The maximum absolute atomic E-state index is 12.3. The van der Waals surface area contributed by atoms with Gasteiger partial charge in [-0.2, -0.15) is 0 Å². The number of cyclic esters (lactones) is 1. The molecule has 0 aromatic heterocycles. The Bertz CT molecular complexity index is 580. The van der Waals surface area contributed by atoms with Crippen molar-refractivity contribution >= 4 is 11.8 Å². The molecule has 3 aliphatic carbocycles. The number of fused-ring (bicyclic) bond motifs is 5. The Morgan fingerprint density at radius 2 is 1.91 bits per heavy atom. The molecule has 1 N–H and O–H groups in total. The Hall–Kier alpha value is -1.16. The minimum Gasteiger partial charge on any atom is -0.462 e. The predicted octanol–water partition coefficient (Wildman–Crippen LogP) is 2.25. The molecule has 0 bridgehead atoms. The van der Waals surface area contributed by atoms with Gasteiger partial charge >= 0.3 is 5.97 Å². The fraction of sp³-hybridized carbons (Fsp3) is 0.778. The molecule has 120 valence electrons. The number of hydrogen-bond acceptors (Lipinski definition) is 4. The molecule has 4 rings (SSSR count). The zero-order valence-electron chi connectivity index (χ0n) is 13.3. The molecular weight excluding hydrogens is 280 g/mol. The Kier molecular flexibility index (Phi) is 2.91. The van der Waals surface area contributed by atoms with Crippen LogP contribution in [0.2, 0.25) is 0 Å². The second-order valence-electron chi connectivity index (χ2n) is 8.17. The van der Waals surface area contributed by atoms with Gasteiger partial charge in [0.2, 0.25) is 0 Å². The zero-order chi connectivity index (χ0) is 15.7. The molecule has 22 heavy (non-hydrogen) atoms. The molecule has 0 amide bonds. The molecule has 4 heteroatoms.